The third kappa shape index (κ3) is 1.57. The van der Waals surface area contributed by atoms with Crippen LogP contribution in [-0.2, 0) is 9.59 Å². The van der Waals surface area contributed by atoms with Crippen LogP contribution in [0.25, 0.3) is 0 Å². The fraction of sp³-hybridized carbons (Fsp3) is 0.818. The highest BCUT2D eigenvalue weighted by Gasteiger charge is 2.48. The van der Waals surface area contributed by atoms with Crippen molar-refractivity contribution in [2.24, 2.45) is 0 Å². The third-order valence-corrected chi connectivity index (χ3v) is 3.88. The average Bonchev–Trinajstić information content (AvgIpc) is 2.24. The number of carbonyl (C=O) groups excluding carboxylic acids is 2. The molecule has 0 aromatic carbocycles. The minimum atomic E-state index is -0.374. The molecule has 0 N–H and O–H groups in total. The van der Waals surface area contributed by atoms with Gasteiger partial charge in [0, 0.05) is 33.0 Å². The zero-order chi connectivity index (χ0) is 11.1. The van der Waals surface area contributed by atoms with E-state index < -0.39 is 0 Å². The number of Topliss-reactive ketones (excluding diaryl/α,β-unsaturated/α-hetero) is 1. The summed E-state index contributed by atoms with van der Waals surface area (Å²) in [5.74, 6) is 0.499. The lowest BCUT2D eigenvalue weighted by Gasteiger charge is -2.48. The Labute approximate surface area is 90.2 Å². The molecular formula is C11H18N2O2. The van der Waals surface area contributed by atoms with Gasteiger partial charge in [-0.25, -0.2) is 0 Å². The van der Waals surface area contributed by atoms with Gasteiger partial charge in [0.1, 0.15) is 11.3 Å². The lowest BCUT2D eigenvalue weighted by atomic mass is 9.78. The van der Waals surface area contributed by atoms with E-state index in [1.807, 2.05) is 14.1 Å². The number of rotatable bonds is 0. The quantitative estimate of drug-likeness (QED) is 0.576. The molecule has 4 heteroatoms. The largest absolute Gasteiger partial charge is 0.343 e. The molecule has 15 heavy (non-hydrogen) atoms. The summed E-state index contributed by atoms with van der Waals surface area (Å²) in [7, 11) is 3.86. The first-order valence-electron chi connectivity index (χ1n) is 5.55. The van der Waals surface area contributed by atoms with Gasteiger partial charge in [0.15, 0.2) is 0 Å². The Morgan fingerprint density at radius 3 is 2.27 bits per heavy atom. The van der Waals surface area contributed by atoms with Crippen LogP contribution in [0, 0.1) is 0 Å². The number of ketones is 1. The molecule has 1 aliphatic carbocycles. The fourth-order valence-electron chi connectivity index (χ4n) is 2.67. The zero-order valence-electron chi connectivity index (χ0n) is 9.45. The monoisotopic (exact) mass is 210 g/mol. The Morgan fingerprint density at radius 1 is 1.07 bits per heavy atom. The second-order valence-electron chi connectivity index (χ2n) is 4.72. The first kappa shape index (κ1) is 10.6. The van der Waals surface area contributed by atoms with E-state index in [4.69, 9.17) is 0 Å². The van der Waals surface area contributed by atoms with Crippen molar-refractivity contribution in [1.29, 1.82) is 0 Å². The highest BCUT2D eigenvalue weighted by Crippen LogP contribution is 2.34. The maximum absolute atomic E-state index is 12.2. The number of hydrogen-bond donors (Lipinski definition) is 0. The summed E-state index contributed by atoms with van der Waals surface area (Å²) in [6.45, 7) is 1.71. The summed E-state index contributed by atoms with van der Waals surface area (Å²) in [5.41, 5.74) is -0.374. The van der Waals surface area contributed by atoms with Crippen molar-refractivity contribution >= 4 is 11.7 Å². The van der Waals surface area contributed by atoms with Gasteiger partial charge in [-0.15, -0.1) is 0 Å². The van der Waals surface area contributed by atoms with E-state index in [0.717, 1.165) is 13.1 Å². The van der Waals surface area contributed by atoms with E-state index >= 15 is 0 Å². The van der Waals surface area contributed by atoms with Gasteiger partial charge in [-0.1, -0.05) is 0 Å². The van der Waals surface area contributed by atoms with Crippen molar-refractivity contribution < 1.29 is 9.59 Å². The predicted octanol–water partition coefficient (Wildman–Crippen LogP) is 0.272. The van der Waals surface area contributed by atoms with Crippen LogP contribution in [0.2, 0.25) is 0 Å². The highest BCUT2D eigenvalue weighted by atomic mass is 16.2. The van der Waals surface area contributed by atoms with E-state index in [2.05, 4.69) is 4.90 Å². The summed E-state index contributed by atoms with van der Waals surface area (Å²) >= 11 is 0. The predicted molar refractivity (Wildman–Crippen MR) is 56.5 cm³/mol. The standard InChI is InChI=1S/C11H18N2O2/c1-12-7-8-13(2)11(10(12)15)5-3-9(14)4-6-11/h3-8H2,1-2H3. The van der Waals surface area contributed by atoms with Crippen LogP contribution < -0.4 is 0 Å². The summed E-state index contributed by atoms with van der Waals surface area (Å²) < 4.78 is 0. The van der Waals surface area contributed by atoms with Gasteiger partial charge in [-0.3, -0.25) is 14.5 Å². The molecule has 2 fully saturated rings. The number of nitrogens with zero attached hydrogens (tertiary/aromatic N) is 2. The highest BCUT2D eigenvalue weighted by molar-refractivity contribution is 5.90. The second kappa shape index (κ2) is 3.59. The van der Waals surface area contributed by atoms with E-state index in [1.165, 1.54) is 0 Å². The van der Waals surface area contributed by atoms with E-state index in [9.17, 15) is 9.59 Å². The molecule has 0 unspecified atom stereocenters. The molecule has 0 bridgehead atoms. The lowest BCUT2D eigenvalue weighted by Crippen LogP contribution is -2.64. The fourth-order valence-corrected chi connectivity index (χ4v) is 2.67. The molecule has 1 amide bonds. The number of piperazine rings is 1. The Hall–Kier alpha value is -0.900. The molecule has 1 spiro atoms. The van der Waals surface area contributed by atoms with Crippen molar-refractivity contribution in [2.45, 2.75) is 31.2 Å². The second-order valence-corrected chi connectivity index (χ2v) is 4.72. The Kier molecular flexibility index (Phi) is 2.54. The molecule has 0 aromatic heterocycles. The van der Waals surface area contributed by atoms with Crippen LogP contribution in [0.1, 0.15) is 25.7 Å². The number of hydrogen-bond acceptors (Lipinski definition) is 3. The number of carbonyl (C=O) groups is 2. The molecule has 4 nitrogen and oxygen atoms in total. The van der Waals surface area contributed by atoms with Crippen LogP contribution in [0.4, 0.5) is 0 Å². The maximum atomic E-state index is 12.2. The van der Waals surface area contributed by atoms with Crippen molar-refractivity contribution in [2.75, 3.05) is 27.2 Å². The molecule has 0 aromatic rings. The maximum Gasteiger partial charge on any atom is 0.242 e. The molecular weight excluding hydrogens is 192 g/mol. The van der Waals surface area contributed by atoms with Crippen molar-refractivity contribution in [3.63, 3.8) is 0 Å². The normalized spacial score (nSPS) is 27.5. The molecule has 84 valence electrons. The van der Waals surface area contributed by atoms with Gasteiger partial charge in [-0.05, 0) is 19.9 Å². The van der Waals surface area contributed by atoms with E-state index in [0.29, 0.717) is 31.5 Å². The summed E-state index contributed by atoms with van der Waals surface area (Å²) in [4.78, 5) is 27.4. The molecule has 2 aliphatic rings. The third-order valence-electron chi connectivity index (χ3n) is 3.88. The molecule has 1 saturated heterocycles. The Morgan fingerprint density at radius 2 is 1.67 bits per heavy atom. The minimum absolute atomic E-state index is 0.198. The molecule has 1 aliphatic heterocycles. The SMILES string of the molecule is CN1CCN(C)C2(CCC(=O)CC2)C1=O. The first-order valence-corrected chi connectivity index (χ1v) is 5.55. The van der Waals surface area contributed by atoms with Gasteiger partial charge in [0.25, 0.3) is 0 Å². The van der Waals surface area contributed by atoms with Crippen LogP contribution in [0.15, 0.2) is 0 Å². The van der Waals surface area contributed by atoms with Gasteiger partial charge in [0.05, 0.1) is 0 Å². The van der Waals surface area contributed by atoms with E-state index in [1.54, 1.807) is 4.90 Å². The van der Waals surface area contributed by atoms with Crippen LogP contribution in [-0.4, -0.2) is 54.2 Å². The number of likely N-dealkylation sites (N-methyl/N-ethyl adjacent to an activating group) is 2. The van der Waals surface area contributed by atoms with Crippen molar-refractivity contribution in [3.8, 4) is 0 Å². The van der Waals surface area contributed by atoms with Gasteiger partial charge < -0.3 is 4.90 Å². The average molecular weight is 210 g/mol. The van der Waals surface area contributed by atoms with Crippen molar-refractivity contribution in [1.82, 2.24) is 9.80 Å². The number of amides is 1. The lowest BCUT2D eigenvalue weighted by molar-refractivity contribution is -0.152. The molecule has 0 atom stereocenters. The minimum Gasteiger partial charge on any atom is -0.343 e. The first-order chi connectivity index (χ1) is 7.06. The smallest absolute Gasteiger partial charge is 0.242 e. The Bertz CT molecular complexity index is 291. The Balaban J connectivity index is 2.22. The van der Waals surface area contributed by atoms with Gasteiger partial charge in [-0.2, -0.15) is 0 Å². The summed E-state index contributed by atoms with van der Waals surface area (Å²) in [6.07, 6.45) is 2.52. The topological polar surface area (TPSA) is 40.6 Å². The van der Waals surface area contributed by atoms with Crippen LogP contribution in [0.3, 0.4) is 0 Å². The van der Waals surface area contributed by atoms with Gasteiger partial charge in [0.2, 0.25) is 5.91 Å². The molecule has 2 rings (SSSR count). The zero-order valence-corrected chi connectivity index (χ0v) is 9.45. The van der Waals surface area contributed by atoms with Crippen molar-refractivity contribution in [3.05, 3.63) is 0 Å². The summed E-state index contributed by atoms with van der Waals surface area (Å²) in [6, 6.07) is 0. The summed E-state index contributed by atoms with van der Waals surface area (Å²) in [5, 5.41) is 0. The molecule has 1 saturated carbocycles. The van der Waals surface area contributed by atoms with E-state index in [-0.39, 0.29) is 11.4 Å². The molecule has 0 radical (unpaired) electrons. The van der Waals surface area contributed by atoms with Crippen LogP contribution in [0.5, 0.6) is 0 Å². The van der Waals surface area contributed by atoms with Crippen LogP contribution >= 0.6 is 0 Å². The molecule has 1 heterocycles. The van der Waals surface area contributed by atoms with Gasteiger partial charge >= 0.3 is 0 Å².